The summed E-state index contributed by atoms with van der Waals surface area (Å²) in [7, 11) is -3.77. The first-order valence-electron chi connectivity index (χ1n) is 4.82. The van der Waals surface area contributed by atoms with Crippen LogP contribution >= 0.6 is 0 Å². The normalized spacial score (nSPS) is 22.8. The standard InChI is InChI=1S/C11H11NO3S/c1-2-6-10-11(12-16(13,14)15-10)9-7-4-3-5-8-9/h2-5,7-8,10H,1,6H2. The van der Waals surface area contributed by atoms with Crippen LogP contribution in [-0.4, -0.2) is 20.2 Å². The van der Waals surface area contributed by atoms with Crippen molar-refractivity contribution in [2.75, 3.05) is 0 Å². The van der Waals surface area contributed by atoms with E-state index in [-0.39, 0.29) is 0 Å². The average molecular weight is 237 g/mol. The van der Waals surface area contributed by atoms with Crippen molar-refractivity contribution in [2.24, 2.45) is 4.40 Å². The monoisotopic (exact) mass is 237 g/mol. The molecule has 0 saturated carbocycles. The molecule has 0 saturated heterocycles. The molecule has 0 aromatic heterocycles. The van der Waals surface area contributed by atoms with Crippen LogP contribution in [0.2, 0.25) is 0 Å². The Morgan fingerprint density at radius 3 is 2.69 bits per heavy atom. The molecule has 0 radical (unpaired) electrons. The molecule has 2 rings (SSSR count). The maximum Gasteiger partial charge on any atom is 0.381 e. The lowest BCUT2D eigenvalue weighted by molar-refractivity contribution is 0.289. The van der Waals surface area contributed by atoms with Crippen LogP contribution in [0.5, 0.6) is 0 Å². The Labute approximate surface area is 94.5 Å². The molecule has 1 aromatic carbocycles. The van der Waals surface area contributed by atoms with Crippen molar-refractivity contribution in [2.45, 2.75) is 12.5 Å². The highest BCUT2D eigenvalue weighted by atomic mass is 32.2. The molecule has 84 valence electrons. The summed E-state index contributed by atoms with van der Waals surface area (Å²) in [5, 5.41) is 0. The summed E-state index contributed by atoms with van der Waals surface area (Å²) in [6.07, 6.45) is 1.49. The van der Waals surface area contributed by atoms with Gasteiger partial charge >= 0.3 is 10.3 Å². The van der Waals surface area contributed by atoms with Gasteiger partial charge in [0.15, 0.2) is 0 Å². The van der Waals surface area contributed by atoms with Crippen LogP contribution in [0.1, 0.15) is 12.0 Å². The zero-order valence-corrected chi connectivity index (χ0v) is 9.35. The van der Waals surface area contributed by atoms with E-state index < -0.39 is 16.4 Å². The molecule has 0 aliphatic carbocycles. The Hall–Kier alpha value is -1.46. The van der Waals surface area contributed by atoms with Gasteiger partial charge in [-0.1, -0.05) is 36.4 Å². The minimum absolute atomic E-state index is 0.424. The van der Waals surface area contributed by atoms with Gasteiger partial charge in [-0.25, -0.2) is 4.18 Å². The summed E-state index contributed by atoms with van der Waals surface area (Å²) in [6, 6.07) is 9.12. The summed E-state index contributed by atoms with van der Waals surface area (Å²) in [5.74, 6) is 0. The minimum Gasteiger partial charge on any atom is -0.242 e. The summed E-state index contributed by atoms with van der Waals surface area (Å²) < 4.78 is 31.0. The summed E-state index contributed by atoms with van der Waals surface area (Å²) in [5.41, 5.74) is 1.20. The molecular weight excluding hydrogens is 226 g/mol. The van der Waals surface area contributed by atoms with Crippen molar-refractivity contribution in [3.05, 3.63) is 48.6 Å². The third-order valence-electron chi connectivity index (χ3n) is 2.20. The number of benzene rings is 1. The minimum atomic E-state index is -3.77. The van der Waals surface area contributed by atoms with Crippen molar-refractivity contribution in [1.29, 1.82) is 0 Å². The molecule has 0 fully saturated rings. The Bertz CT molecular complexity index is 519. The molecule has 4 nitrogen and oxygen atoms in total. The summed E-state index contributed by atoms with van der Waals surface area (Å²) >= 11 is 0. The van der Waals surface area contributed by atoms with E-state index in [9.17, 15) is 8.42 Å². The molecule has 0 spiro atoms. The van der Waals surface area contributed by atoms with Gasteiger partial charge in [-0.2, -0.15) is 8.42 Å². The molecule has 16 heavy (non-hydrogen) atoms. The van der Waals surface area contributed by atoms with Crippen molar-refractivity contribution in [3.8, 4) is 0 Å². The second-order valence-corrected chi connectivity index (χ2v) is 4.61. The number of hydrogen-bond acceptors (Lipinski definition) is 3. The molecule has 1 aromatic rings. The van der Waals surface area contributed by atoms with Crippen molar-refractivity contribution in [1.82, 2.24) is 0 Å². The van der Waals surface area contributed by atoms with E-state index in [0.29, 0.717) is 12.1 Å². The molecule has 0 bridgehead atoms. The van der Waals surface area contributed by atoms with Crippen molar-refractivity contribution < 1.29 is 12.6 Å². The van der Waals surface area contributed by atoms with Crippen molar-refractivity contribution >= 4 is 16.0 Å². The maximum atomic E-state index is 11.3. The first kappa shape index (κ1) is 11.0. The maximum absolute atomic E-state index is 11.3. The Balaban J connectivity index is 2.41. The topological polar surface area (TPSA) is 55.7 Å². The van der Waals surface area contributed by atoms with E-state index in [1.807, 2.05) is 18.2 Å². The van der Waals surface area contributed by atoms with Gasteiger partial charge in [-0.3, -0.25) is 0 Å². The first-order valence-corrected chi connectivity index (χ1v) is 6.18. The fraction of sp³-hybridized carbons (Fsp3) is 0.182. The van der Waals surface area contributed by atoms with Gasteiger partial charge in [0.25, 0.3) is 0 Å². The number of rotatable bonds is 3. The number of nitrogens with zero attached hydrogens (tertiary/aromatic N) is 1. The second kappa shape index (κ2) is 4.19. The molecule has 1 unspecified atom stereocenters. The van der Waals surface area contributed by atoms with E-state index >= 15 is 0 Å². The van der Waals surface area contributed by atoms with Crippen LogP contribution in [0.25, 0.3) is 0 Å². The molecule has 1 aliphatic rings. The zero-order valence-electron chi connectivity index (χ0n) is 8.54. The summed E-state index contributed by atoms with van der Waals surface area (Å²) in [6.45, 7) is 3.57. The molecule has 1 heterocycles. The fourth-order valence-corrected chi connectivity index (χ4v) is 2.51. The second-order valence-electron chi connectivity index (χ2n) is 3.38. The van der Waals surface area contributed by atoms with E-state index in [4.69, 9.17) is 4.18 Å². The lowest BCUT2D eigenvalue weighted by Crippen LogP contribution is -2.19. The largest absolute Gasteiger partial charge is 0.381 e. The molecule has 0 N–H and O–H groups in total. The van der Waals surface area contributed by atoms with Crippen molar-refractivity contribution in [3.63, 3.8) is 0 Å². The lowest BCUT2D eigenvalue weighted by atomic mass is 10.0. The molecule has 5 heteroatoms. The van der Waals surface area contributed by atoms with Crippen LogP contribution in [-0.2, 0) is 14.5 Å². The van der Waals surface area contributed by atoms with Gasteiger partial charge in [0.1, 0.15) is 6.10 Å². The third kappa shape index (κ3) is 2.20. The third-order valence-corrected chi connectivity index (χ3v) is 3.10. The highest BCUT2D eigenvalue weighted by Crippen LogP contribution is 2.21. The predicted octanol–water partition coefficient (Wildman–Crippen LogP) is 1.70. The van der Waals surface area contributed by atoms with Gasteiger partial charge in [-0.15, -0.1) is 11.0 Å². The highest BCUT2D eigenvalue weighted by molar-refractivity contribution is 7.85. The van der Waals surface area contributed by atoms with Gasteiger partial charge in [0.05, 0.1) is 5.71 Å². The van der Waals surface area contributed by atoms with Crippen LogP contribution in [0.15, 0.2) is 47.4 Å². The van der Waals surface area contributed by atoms with Crippen LogP contribution in [0.4, 0.5) is 0 Å². The average Bonchev–Trinajstić information content (AvgIpc) is 2.56. The molecule has 1 atom stereocenters. The Morgan fingerprint density at radius 2 is 2.06 bits per heavy atom. The van der Waals surface area contributed by atoms with Crippen LogP contribution in [0, 0.1) is 0 Å². The SMILES string of the molecule is C=CCC1OS(=O)(=O)N=C1c1ccccc1. The smallest absolute Gasteiger partial charge is 0.242 e. The molecular formula is C11H11NO3S. The van der Waals surface area contributed by atoms with Gasteiger partial charge in [-0.05, 0) is 12.0 Å². The highest BCUT2D eigenvalue weighted by Gasteiger charge is 2.32. The van der Waals surface area contributed by atoms with E-state index in [1.165, 1.54) is 0 Å². The Kier molecular flexibility index (Phi) is 2.89. The van der Waals surface area contributed by atoms with E-state index in [2.05, 4.69) is 11.0 Å². The predicted molar refractivity (Wildman–Crippen MR) is 61.6 cm³/mol. The fourth-order valence-electron chi connectivity index (χ4n) is 1.54. The van der Waals surface area contributed by atoms with Crippen LogP contribution < -0.4 is 0 Å². The number of hydrogen-bond donors (Lipinski definition) is 0. The van der Waals surface area contributed by atoms with Gasteiger partial charge in [0, 0.05) is 0 Å². The van der Waals surface area contributed by atoms with E-state index in [1.54, 1.807) is 18.2 Å². The zero-order chi connectivity index (χ0) is 11.6. The summed E-state index contributed by atoms with van der Waals surface area (Å²) in [4.78, 5) is 0. The molecule has 1 aliphatic heterocycles. The molecule has 0 amide bonds. The van der Waals surface area contributed by atoms with E-state index in [0.717, 1.165) is 5.56 Å². The first-order chi connectivity index (χ1) is 7.62. The van der Waals surface area contributed by atoms with Gasteiger partial charge < -0.3 is 0 Å². The van der Waals surface area contributed by atoms with Gasteiger partial charge in [0.2, 0.25) is 0 Å². The van der Waals surface area contributed by atoms with Crippen LogP contribution in [0.3, 0.4) is 0 Å². The quantitative estimate of drug-likeness (QED) is 0.752. The Morgan fingerprint density at radius 1 is 1.38 bits per heavy atom. The lowest BCUT2D eigenvalue weighted by Gasteiger charge is -2.07.